The summed E-state index contributed by atoms with van der Waals surface area (Å²) < 4.78 is 27.0. The molecule has 0 radical (unpaired) electrons. The van der Waals surface area contributed by atoms with Crippen molar-refractivity contribution in [1.82, 2.24) is 4.98 Å². The Hall–Kier alpha value is -1.39. The lowest BCUT2D eigenvalue weighted by atomic mass is 10.4. The maximum absolute atomic E-state index is 11.5. The second-order valence-electron chi connectivity index (χ2n) is 1.74. The molecule has 60 valence electrons. The van der Waals surface area contributed by atoms with Gasteiger partial charge >= 0.3 is 6.61 Å². The lowest BCUT2D eigenvalue weighted by Gasteiger charge is -2.09. The largest absolute Gasteiger partial charge is 0.482 e. The fraction of sp³-hybridized carbons (Fsp3) is 0.167. The fourth-order valence-electron chi connectivity index (χ4n) is 0.572. The van der Waals surface area contributed by atoms with Crippen molar-refractivity contribution in [2.45, 2.75) is 6.61 Å². The molecule has 0 aliphatic carbocycles. The summed E-state index contributed by atoms with van der Waals surface area (Å²) in [6.07, 6.45) is 0. The van der Waals surface area contributed by atoms with Gasteiger partial charge in [0.05, 0.1) is 0 Å². The number of pyridine rings is 1. The Bertz CT molecular complexity index is 242. The number of alkyl halides is 2. The van der Waals surface area contributed by atoms with E-state index in [0.717, 1.165) is 0 Å². The maximum atomic E-state index is 11.5. The van der Waals surface area contributed by atoms with E-state index in [2.05, 4.69) is 9.72 Å². The summed E-state index contributed by atoms with van der Waals surface area (Å²) in [5, 5.41) is 0. The second-order valence-corrected chi connectivity index (χ2v) is 1.74. The Labute approximate surface area is 61.8 Å². The third-order valence-corrected chi connectivity index (χ3v) is 0.933. The van der Waals surface area contributed by atoms with Gasteiger partial charge in [-0.25, -0.2) is 0 Å². The number of rotatable bonds is 2. The van der Waals surface area contributed by atoms with Crippen molar-refractivity contribution < 1.29 is 13.5 Å². The van der Waals surface area contributed by atoms with Crippen molar-refractivity contribution in [3.05, 3.63) is 23.9 Å². The number of aromatic nitrogens is 1. The van der Waals surface area contributed by atoms with Crippen LogP contribution in [-0.2, 0) is 0 Å². The van der Waals surface area contributed by atoms with E-state index in [4.69, 9.17) is 5.73 Å². The predicted octanol–water partition coefficient (Wildman–Crippen LogP) is 2.37. The van der Waals surface area contributed by atoms with Crippen molar-refractivity contribution >= 4 is 5.82 Å². The average molecular weight is 159 g/mol. The molecule has 0 fully saturated rings. The van der Waals surface area contributed by atoms with Crippen molar-refractivity contribution in [1.29, 1.82) is 0 Å². The van der Waals surface area contributed by atoms with Gasteiger partial charge in [0.25, 0.3) is 0 Å². The molecule has 0 spiro atoms. The van der Waals surface area contributed by atoms with Gasteiger partial charge in [0.15, 0.2) is 0 Å². The van der Waals surface area contributed by atoms with Gasteiger partial charge in [0, 0.05) is 0 Å². The molecule has 3 nitrogen and oxygen atoms in total. The highest BCUT2D eigenvalue weighted by atomic mass is 19.3. The molecule has 0 aliphatic rings. The van der Waals surface area contributed by atoms with E-state index >= 15 is 0 Å². The number of hydrogen-bond donors (Lipinski definition) is 0. The molecule has 0 unspecified atom stereocenters. The minimum Gasteiger partial charge on any atom is -0.482 e. The molecule has 1 aromatic rings. The minimum absolute atomic E-state index is 0.0943. The highest BCUT2D eigenvalue weighted by Gasteiger charge is 1.99. The molecule has 0 saturated carbocycles. The lowest BCUT2D eigenvalue weighted by molar-refractivity contribution is -0.0527. The van der Waals surface area contributed by atoms with Crippen molar-refractivity contribution in [2.75, 3.05) is 0 Å². The van der Waals surface area contributed by atoms with E-state index < -0.39 is 6.61 Å². The second kappa shape index (κ2) is 3.14. The van der Waals surface area contributed by atoms with Crippen LogP contribution in [0.1, 0.15) is 0 Å². The van der Waals surface area contributed by atoms with Crippen LogP contribution in [-0.4, -0.2) is 11.6 Å². The van der Waals surface area contributed by atoms with Gasteiger partial charge in [-0.05, 0) is 6.07 Å². The first-order valence-electron chi connectivity index (χ1n) is 2.82. The van der Waals surface area contributed by atoms with Crippen LogP contribution in [0, 0.1) is 0 Å². The molecule has 11 heavy (non-hydrogen) atoms. The van der Waals surface area contributed by atoms with Crippen LogP contribution in [0.2, 0.25) is 0 Å². The Kier molecular flexibility index (Phi) is 2.20. The SMILES string of the molecule is [NH-]c1cccc(OC(F)F)n1. The topological polar surface area (TPSA) is 45.9 Å². The van der Waals surface area contributed by atoms with E-state index in [9.17, 15) is 8.78 Å². The van der Waals surface area contributed by atoms with E-state index in [1.807, 2.05) is 0 Å². The van der Waals surface area contributed by atoms with Gasteiger partial charge in [-0.1, -0.05) is 18.0 Å². The number of halogens is 2. The molecule has 0 saturated heterocycles. The van der Waals surface area contributed by atoms with Gasteiger partial charge < -0.3 is 15.5 Å². The van der Waals surface area contributed by atoms with Gasteiger partial charge in [0.2, 0.25) is 0 Å². The molecule has 1 aromatic heterocycles. The Morgan fingerprint density at radius 2 is 2.18 bits per heavy atom. The fourth-order valence-corrected chi connectivity index (χ4v) is 0.572. The first-order valence-corrected chi connectivity index (χ1v) is 2.82. The van der Waals surface area contributed by atoms with Gasteiger partial charge in [-0.2, -0.15) is 8.78 Å². The molecule has 0 amide bonds. The van der Waals surface area contributed by atoms with Gasteiger partial charge in [0.1, 0.15) is 5.88 Å². The third-order valence-electron chi connectivity index (χ3n) is 0.933. The molecule has 1 N–H and O–H groups in total. The molecular weight excluding hydrogens is 154 g/mol. The number of nitrogens with one attached hydrogen (secondary N) is 1. The van der Waals surface area contributed by atoms with Crippen LogP contribution in [0.3, 0.4) is 0 Å². The molecule has 1 rings (SSSR count). The van der Waals surface area contributed by atoms with Gasteiger partial charge in [-0.3, -0.25) is 0 Å². The number of hydrogen-bond acceptors (Lipinski definition) is 2. The number of nitrogens with zero attached hydrogens (tertiary/aromatic N) is 1. The van der Waals surface area contributed by atoms with Crippen LogP contribution in [0.15, 0.2) is 18.2 Å². The van der Waals surface area contributed by atoms with Crippen LogP contribution < -0.4 is 4.74 Å². The Morgan fingerprint density at radius 3 is 2.73 bits per heavy atom. The number of ether oxygens (including phenoxy) is 1. The lowest BCUT2D eigenvalue weighted by Crippen LogP contribution is -2.02. The highest BCUT2D eigenvalue weighted by molar-refractivity contribution is 5.35. The van der Waals surface area contributed by atoms with Gasteiger partial charge in [-0.15, -0.1) is 0 Å². The molecule has 0 atom stereocenters. The van der Waals surface area contributed by atoms with Crippen LogP contribution in [0.4, 0.5) is 14.6 Å². The van der Waals surface area contributed by atoms with E-state index in [1.54, 1.807) is 0 Å². The van der Waals surface area contributed by atoms with Crippen LogP contribution in [0.5, 0.6) is 5.88 Å². The van der Waals surface area contributed by atoms with Crippen LogP contribution in [0.25, 0.3) is 5.73 Å². The highest BCUT2D eigenvalue weighted by Crippen LogP contribution is 2.14. The standard InChI is InChI=1S/C6H5F2N2O/c7-6(8)11-5-3-1-2-4(9)10-5/h1-3,6H,(H-,9,10)/q-1. The molecule has 0 bridgehead atoms. The first kappa shape index (κ1) is 7.71. The summed E-state index contributed by atoms with van der Waals surface area (Å²) in [7, 11) is 0. The minimum atomic E-state index is -2.88. The van der Waals surface area contributed by atoms with E-state index in [-0.39, 0.29) is 11.7 Å². The zero-order valence-corrected chi connectivity index (χ0v) is 5.42. The Balaban J connectivity index is 2.71. The summed E-state index contributed by atoms with van der Waals surface area (Å²) in [5.41, 5.74) is 6.94. The van der Waals surface area contributed by atoms with Crippen molar-refractivity contribution in [2.24, 2.45) is 0 Å². The average Bonchev–Trinajstić information content (AvgIpc) is 1.85. The zero-order chi connectivity index (χ0) is 8.27. The van der Waals surface area contributed by atoms with Crippen molar-refractivity contribution in [3.8, 4) is 5.88 Å². The van der Waals surface area contributed by atoms with Crippen LogP contribution >= 0.6 is 0 Å². The summed E-state index contributed by atoms with van der Waals surface area (Å²) in [6.45, 7) is -2.88. The van der Waals surface area contributed by atoms with Crippen molar-refractivity contribution in [3.63, 3.8) is 0 Å². The maximum Gasteiger partial charge on any atom is 0.387 e. The zero-order valence-electron chi connectivity index (χ0n) is 5.42. The molecule has 5 heteroatoms. The first-order chi connectivity index (χ1) is 5.18. The summed E-state index contributed by atoms with van der Waals surface area (Å²) in [6, 6.07) is 4.07. The summed E-state index contributed by atoms with van der Waals surface area (Å²) in [4.78, 5) is 3.38. The summed E-state index contributed by atoms with van der Waals surface area (Å²) >= 11 is 0. The molecule has 1 heterocycles. The predicted molar refractivity (Wildman–Crippen MR) is 34.9 cm³/mol. The molecule has 0 aromatic carbocycles. The van der Waals surface area contributed by atoms with E-state index in [1.165, 1.54) is 18.2 Å². The Morgan fingerprint density at radius 1 is 1.45 bits per heavy atom. The molecular formula is C6H5F2N2O-. The van der Waals surface area contributed by atoms with E-state index in [0.29, 0.717) is 0 Å². The monoisotopic (exact) mass is 159 g/mol. The normalized spacial score (nSPS) is 10.1. The quantitative estimate of drug-likeness (QED) is 0.664. The summed E-state index contributed by atoms with van der Waals surface area (Å²) in [5.74, 6) is -0.323. The third kappa shape index (κ3) is 2.37. The molecule has 0 aliphatic heterocycles. The smallest absolute Gasteiger partial charge is 0.387 e.